The second-order valence-corrected chi connectivity index (χ2v) is 9.58. The lowest BCUT2D eigenvalue weighted by molar-refractivity contribution is -0.118. The van der Waals surface area contributed by atoms with Crippen LogP contribution in [0.1, 0.15) is 12.8 Å². The van der Waals surface area contributed by atoms with Crippen LogP contribution in [-0.2, 0) is 21.2 Å². The summed E-state index contributed by atoms with van der Waals surface area (Å²) in [7, 11) is -3.41. The molecule has 3 aromatic rings. The maximum atomic E-state index is 12.3. The molecule has 144 valence electrons. The summed E-state index contributed by atoms with van der Waals surface area (Å²) in [4.78, 5) is 17.2. The van der Waals surface area contributed by atoms with Crippen LogP contribution in [-0.4, -0.2) is 24.6 Å². The van der Waals surface area contributed by atoms with Gasteiger partial charge in [-0.1, -0.05) is 47.1 Å². The van der Waals surface area contributed by atoms with E-state index in [4.69, 9.17) is 18.0 Å². The second kappa shape index (κ2) is 8.74. The molecular formula is C20H17ClN2O3S2. The Morgan fingerprint density at radius 1 is 1.21 bits per heavy atom. The Morgan fingerprint density at radius 3 is 2.68 bits per heavy atom. The predicted molar refractivity (Wildman–Crippen MR) is 112 cm³/mol. The van der Waals surface area contributed by atoms with Gasteiger partial charge in [0.15, 0.2) is 14.6 Å². The molecule has 0 radical (unpaired) electrons. The maximum Gasteiger partial charge on any atom is 0.248 e. The Bertz CT molecular complexity index is 1220. The molecule has 0 saturated heterocycles. The number of terminal acetylenes is 1. The molecule has 0 aliphatic rings. The molecule has 0 aliphatic heterocycles. The maximum absolute atomic E-state index is 12.3. The molecule has 1 heterocycles. The van der Waals surface area contributed by atoms with Crippen molar-refractivity contribution >= 4 is 48.9 Å². The molecule has 1 aromatic heterocycles. The van der Waals surface area contributed by atoms with Crippen molar-refractivity contribution in [1.29, 1.82) is 0 Å². The zero-order chi connectivity index (χ0) is 20.1. The standard InChI is InChI=1S/C20H17ClN2O3S2/c1-2-12-23-17-11-10-15(21)14-18(17)27-20(23)22-19(24)9-6-13-28(25,26)16-7-4-3-5-8-16/h1,3-5,7-8,10-11,14H,6,9,12-13H2. The molecule has 0 aliphatic carbocycles. The van der Waals surface area contributed by atoms with E-state index in [1.165, 1.54) is 11.3 Å². The summed E-state index contributed by atoms with van der Waals surface area (Å²) in [5, 5.41) is 0.589. The molecular weight excluding hydrogens is 416 g/mol. The van der Waals surface area contributed by atoms with Gasteiger partial charge < -0.3 is 4.57 Å². The number of nitrogens with zero attached hydrogens (tertiary/aromatic N) is 2. The highest BCUT2D eigenvalue weighted by Crippen LogP contribution is 2.22. The van der Waals surface area contributed by atoms with E-state index in [1.807, 2.05) is 6.07 Å². The first-order chi connectivity index (χ1) is 13.4. The number of aromatic nitrogens is 1. The van der Waals surface area contributed by atoms with Crippen LogP contribution < -0.4 is 4.80 Å². The molecule has 28 heavy (non-hydrogen) atoms. The summed E-state index contributed by atoms with van der Waals surface area (Å²) in [5.41, 5.74) is 0.852. The first-order valence-electron chi connectivity index (χ1n) is 8.48. The largest absolute Gasteiger partial charge is 0.305 e. The summed E-state index contributed by atoms with van der Waals surface area (Å²) < 4.78 is 27.2. The number of thiazole rings is 1. The van der Waals surface area contributed by atoms with E-state index in [2.05, 4.69) is 10.9 Å². The fraction of sp³-hybridized carbons (Fsp3) is 0.200. The average molecular weight is 433 g/mol. The van der Waals surface area contributed by atoms with Crippen LogP contribution in [0, 0.1) is 12.3 Å². The minimum atomic E-state index is -3.41. The topological polar surface area (TPSA) is 68.5 Å². The number of fused-ring (bicyclic) bond motifs is 1. The number of halogens is 1. The van der Waals surface area contributed by atoms with Crippen molar-refractivity contribution in [3.05, 3.63) is 58.4 Å². The normalized spacial score (nSPS) is 12.2. The highest BCUT2D eigenvalue weighted by Gasteiger charge is 2.14. The summed E-state index contributed by atoms with van der Waals surface area (Å²) in [6.45, 7) is 0.274. The predicted octanol–water partition coefficient (Wildman–Crippen LogP) is 3.67. The van der Waals surface area contributed by atoms with Gasteiger partial charge in [0, 0.05) is 11.4 Å². The highest BCUT2D eigenvalue weighted by molar-refractivity contribution is 7.91. The van der Waals surface area contributed by atoms with E-state index in [0.29, 0.717) is 9.82 Å². The van der Waals surface area contributed by atoms with E-state index in [-0.39, 0.29) is 35.9 Å². The highest BCUT2D eigenvalue weighted by atomic mass is 35.5. The molecule has 3 rings (SSSR count). The molecule has 0 saturated carbocycles. The van der Waals surface area contributed by atoms with Crippen molar-refractivity contribution in [2.45, 2.75) is 24.3 Å². The van der Waals surface area contributed by atoms with Crippen molar-refractivity contribution in [3.63, 3.8) is 0 Å². The van der Waals surface area contributed by atoms with Crippen molar-refractivity contribution in [3.8, 4) is 12.3 Å². The number of carbonyl (C=O) groups excluding carboxylic acids is 1. The first kappa shape index (κ1) is 20.3. The molecule has 0 fully saturated rings. The Balaban J connectivity index is 1.76. The molecule has 0 atom stereocenters. The molecule has 0 spiro atoms. The van der Waals surface area contributed by atoms with Crippen LogP contribution in [0.3, 0.4) is 0 Å². The lowest BCUT2D eigenvalue weighted by atomic mass is 10.3. The number of hydrogen-bond acceptors (Lipinski definition) is 4. The number of sulfone groups is 1. The van der Waals surface area contributed by atoms with Crippen molar-refractivity contribution in [2.75, 3.05) is 5.75 Å². The van der Waals surface area contributed by atoms with Gasteiger partial charge in [0.1, 0.15) is 0 Å². The first-order valence-corrected chi connectivity index (χ1v) is 11.3. The van der Waals surface area contributed by atoms with Crippen LogP contribution in [0.25, 0.3) is 10.2 Å². The Morgan fingerprint density at radius 2 is 1.96 bits per heavy atom. The molecule has 5 nitrogen and oxygen atoms in total. The van der Waals surface area contributed by atoms with E-state index >= 15 is 0 Å². The Kier molecular flexibility index (Phi) is 6.35. The lowest BCUT2D eigenvalue weighted by Gasteiger charge is -2.03. The molecule has 2 aromatic carbocycles. The van der Waals surface area contributed by atoms with Gasteiger partial charge in [-0.25, -0.2) is 8.42 Å². The minimum Gasteiger partial charge on any atom is -0.305 e. The van der Waals surface area contributed by atoms with Crippen LogP contribution in [0.2, 0.25) is 5.02 Å². The number of hydrogen-bond donors (Lipinski definition) is 0. The summed E-state index contributed by atoms with van der Waals surface area (Å²) in [6, 6.07) is 13.6. The van der Waals surface area contributed by atoms with Gasteiger partial charge in [-0.2, -0.15) is 4.99 Å². The minimum absolute atomic E-state index is 0.0388. The Labute approximate surface area is 172 Å². The van der Waals surface area contributed by atoms with E-state index in [1.54, 1.807) is 47.0 Å². The van der Waals surface area contributed by atoms with Crippen LogP contribution in [0.15, 0.2) is 58.4 Å². The third kappa shape index (κ3) is 4.71. The third-order valence-electron chi connectivity index (χ3n) is 4.02. The third-order valence-corrected chi connectivity index (χ3v) is 7.11. The van der Waals surface area contributed by atoms with Gasteiger partial charge in [-0.05, 0) is 36.8 Å². The summed E-state index contributed by atoms with van der Waals surface area (Å²) in [6.07, 6.45) is 5.68. The molecule has 0 N–H and O–H groups in total. The van der Waals surface area contributed by atoms with Crippen molar-refractivity contribution in [2.24, 2.45) is 4.99 Å². The monoisotopic (exact) mass is 432 g/mol. The van der Waals surface area contributed by atoms with Gasteiger partial charge in [0.2, 0.25) is 5.91 Å². The number of carbonyl (C=O) groups is 1. The molecule has 0 bridgehead atoms. The fourth-order valence-corrected chi connectivity index (χ4v) is 5.35. The second-order valence-electron chi connectivity index (χ2n) is 6.03. The Hall–Kier alpha value is -2.40. The van der Waals surface area contributed by atoms with Crippen molar-refractivity contribution < 1.29 is 13.2 Å². The van der Waals surface area contributed by atoms with Gasteiger partial charge >= 0.3 is 0 Å². The van der Waals surface area contributed by atoms with Gasteiger partial charge in [-0.3, -0.25) is 4.79 Å². The summed E-state index contributed by atoms with van der Waals surface area (Å²) in [5.74, 6) is 2.07. The van der Waals surface area contributed by atoms with E-state index in [9.17, 15) is 13.2 Å². The molecule has 0 unspecified atom stereocenters. The average Bonchev–Trinajstić information content (AvgIpc) is 2.99. The summed E-state index contributed by atoms with van der Waals surface area (Å²) >= 11 is 7.35. The van der Waals surface area contributed by atoms with Gasteiger partial charge in [0.05, 0.1) is 27.4 Å². The SMILES string of the molecule is C#CCn1c(=NC(=O)CCCS(=O)(=O)c2ccccc2)sc2cc(Cl)ccc21. The zero-order valence-corrected chi connectivity index (χ0v) is 17.2. The van der Waals surface area contributed by atoms with E-state index < -0.39 is 9.84 Å². The quantitative estimate of drug-likeness (QED) is 0.558. The smallest absolute Gasteiger partial charge is 0.248 e. The lowest BCUT2D eigenvalue weighted by Crippen LogP contribution is -2.16. The van der Waals surface area contributed by atoms with Gasteiger partial charge in [0.25, 0.3) is 0 Å². The van der Waals surface area contributed by atoms with Crippen molar-refractivity contribution in [1.82, 2.24) is 4.57 Å². The van der Waals surface area contributed by atoms with Gasteiger partial charge in [-0.15, -0.1) is 6.42 Å². The fourth-order valence-electron chi connectivity index (χ4n) is 2.70. The molecule has 8 heteroatoms. The number of amides is 1. The van der Waals surface area contributed by atoms with Crippen LogP contribution in [0.5, 0.6) is 0 Å². The molecule has 1 amide bonds. The van der Waals surface area contributed by atoms with Crippen LogP contribution >= 0.6 is 22.9 Å². The van der Waals surface area contributed by atoms with E-state index in [0.717, 1.165) is 10.2 Å². The zero-order valence-electron chi connectivity index (χ0n) is 14.8. The van der Waals surface area contributed by atoms with Crippen LogP contribution in [0.4, 0.5) is 0 Å². The number of benzene rings is 2. The number of rotatable bonds is 6.